The third-order valence-corrected chi connectivity index (χ3v) is 2.22. The highest BCUT2D eigenvalue weighted by Crippen LogP contribution is 1.93. The fourth-order valence-corrected chi connectivity index (χ4v) is 1.39. The summed E-state index contributed by atoms with van der Waals surface area (Å²) >= 11 is 0. The smallest absolute Gasteiger partial charge is 0.358 e. The molecule has 0 saturated carbocycles. The summed E-state index contributed by atoms with van der Waals surface area (Å²) in [6.07, 6.45) is 1.42. The van der Waals surface area contributed by atoms with Crippen LogP contribution in [0.25, 0.3) is 0 Å². The predicted molar refractivity (Wildman–Crippen MR) is 60.9 cm³/mol. The van der Waals surface area contributed by atoms with E-state index in [1.807, 2.05) is 0 Å². The van der Waals surface area contributed by atoms with E-state index in [1.54, 1.807) is 7.11 Å². The first kappa shape index (κ1) is 13.6. The topological polar surface area (TPSA) is 89.3 Å². The Bertz CT molecular complexity index is 353. The van der Waals surface area contributed by atoms with Gasteiger partial charge in [-0.1, -0.05) is 12.1 Å². The average Bonchev–Trinajstić information content (AvgIpc) is 2.73. The number of rotatable bonds is 8. The van der Waals surface area contributed by atoms with Gasteiger partial charge >= 0.3 is 5.97 Å². The second kappa shape index (κ2) is 6.97. The first-order valence-corrected chi connectivity index (χ1v) is 5.46. The van der Waals surface area contributed by atoms with E-state index < -0.39 is 5.97 Å². The van der Waals surface area contributed by atoms with Crippen LogP contribution in [0.5, 0.6) is 0 Å². The summed E-state index contributed by atoms with van der Waals surface area (Å²) in [4.78, 5) is 10.6. The van der Waals surface area contributed by atoms with Crippen molar-refractivity contribution in [3.8, 4) is 0 Å². The van der Waals surface area contributed by atoms with Crippen LogP contribution in [0, 0.1) is 5.92 Å². The Kier molecular flexibility index (Phi) is 5.58. The van der Waals surface area contributed by atoms with Crippen LogP contribution < -0.4 is 5.32 Å². The van der Waals surface area contributed by atoms with Gasteiger partial charge in [0, 0.05) is 20.3 Å². The molecule has 0 aliphatic carbocycles. The van der Waals surface area contributed by atoms with Crippen molar-refractivity contribution in [3.05, 3.63) is 11.9 Å². The van der Waals surface area contributed by atoms with Crippen molar-refractivity contribution in [2.45, 2.75) is 13.5 Å². The molecule has 0 radical (unpaired) electrons. The van der Waals surface area contributed by atoms with E-state index in [4.69, 9.17) is 9.84 Å². The monoisotopic (exact) mass is 242 g/mol. The van der Waals surface area contributed by atoms with Gasteiger partial charge in [-0.2, -0.15) is 0 Å². The van der Waals surface area contributed by atoms with Crippen LogP contribution >= 0.6 is 0 Å². The first-order chi connectivity index (χ1) is 8.13. The average molecular weight is 242 g/mol. The second-order valence-electron chi connectivity index (χ2n) is 3.94. The lowest BCUT2D eigenvalue weighted by Crippen LogP contribution is -2.27. The fourth-order valence-electron chi connectivity index (χ4n) is 1.39. The normalized spacial score (nSPS) is 12.6. The minimum Gasteiger partial charge on any atom is -0.476 e. The molecule has 0 aliphatic heterocycles. The maximum atomic E-state index is 10.6. The number of carboxylic acids is 1. The lowest BCUT2D eigenvalue weighted by atomic mass is 10.2. The lowest BCUT2D eigenvalue weighted by molar-refractivity contribution is 0.0690. The first-order valence-electron chi connectivity index (χ1n) is 5.46. The van der Waals surface area contributed by atoms with Gasteiger partial charge in [0.1, 0.15) is 0 Å². The van der Waals surface area contributed by atoms with Crippen LogP contribution in [0.2, 0.25) is 0 Å². The van der Waals surface area contributed by atoms with E-state index in [9.17, 15) is 4.79 Å². The molecule has 0 bridgehead atoms. The Balaban J connectivity index is 2.19. The zero-order valence-electron chi connectivity index (χ0n) is 10.1. The van der Waals surface area contributed by atoms with E-state index >= 15 is 0 Å². The predicted octanol–water partition coefficient (Wildman–Crippen LogP) is -0.152. The van der Waals surface area contributed by atoms with E-state index in [1.165, 1.54) is 10.9 Å². The number of ether oxygens (including phenoxy) is 1. The van der Waals surface area contributed by atoms with Crippen molar-refractivity contribution < 1.29 is 14.6 Å². The Morgan fingerprint density at radius 1 is 1.71 bits per heavy atom. The number of carbonyl (C=O) groups is 1. The number of nitrogens with one attached hydrogen (secondary N) is 1. The number of aromatic nitrogens is 3. The molecule has 1 rings (SSSR count). The highest BCUT2D eigenvalue weighted by Gasteiger charge is 2.07. The summed E-state index contributed by atoms with van der Waals surface area (Å²) in [5.41, 5.74) is -0.0299. The molecular weight excluding hydrogens is 224 g/mol. The van der Waals surface area contributed by atoms with Gasteiger partial charge < -0.3 is 15.2 Å². The van der Waals surface area contributed by atoms with Gasteiger partial charge in [-0.25, -0.2) is 4.79 Å². The summed E-state index contributed by atoms with van der Waals surface area (Å²) in [6.45, 7) is 4.98. The minimum absolute atomic E-state index is 0.0299. The summed E-state index contributed by atoms with van der Waals surface area (Å²) in [7, 11) is 1.68. The third kappa shape index (κ3) is 4.92. The zero-order valence-corrected chi connectivity index (χ0v) is 10.1. The van der Waals surface area contributed by atoms with Gasteiger partial charge in [-0.15, -0.1) is 5.10 Å². The van der Waals surface area contributed by atoms with E-state index in [-0.39, 0.29) is 5.69 Å². The van der Waals surface area contributed by atoms with Gasteiger partial charge in [-0.05, 0) is 12.5 Å². The van der Waals surface area contributed by atoms with Crippen LogP contribution in [0.4, 0.5) is 0 Å². The molecule has 0 amide bonds. The van der Waals surface area contributed by atoms with Crippen molar-refractivity contribution in [3.63, 3.8) is 0 Å². The molecular formula is C10H18N4O3. The van der Waals surface area contributed by atoms with Crippen molar-refractivity contribution in [1.29, 1.82) is 0 Å². The Hall–Kier alpha value is -1.47. The van der Waals surface area contributed by atoms with Gasteiger partial charge in [0.2, 0.25) is 0 Å². The molecule has 7 nitrogen and oxygen atoms in total. The molecule has 1 aromatic heterocycles. The molecule has 1 unspecified atom stereocenters. The number of carboxylic acid groups (broad SMARTS) is 1. The molecule has 0 saturated heterocycles. The van der Waals surface area contributed by atoms with Crippen LogP contribution in [-0.2, 0) is 11.3 Å². The largest absolute Gasteiger partial charge is 0.476 e. The van der Waals surface area contributed by atoms with Gasteiger partial charge in [0.05, 0.1) is 12.7 Å². The van der Waals surface area contributed by atoms with E-state index in [2.05, 4.69) is 22.6 Å². The lowest BCUT2D eigenvalue weighted by Gasteiger charge is -2.10. The number of nitrogens with zero attached hydrogens (tertiary/aromatic N) is 3. The highest BCUT2D eigenvalue weighted by molar-refractivity contribution is 5.84. The van der Waals surface area contributed by atoms with Gasteiger partial charge in [0.15, 0.2) is 5.69 Å². The van der Waals surface area contributed by atoms with Crippen molar-refractivity contribution in [2.75, 3.05) is 26.8 Å². The Morgan fingerprint density at radius 3 is 3.06 bits per heavy atom. The number of hydrogen-bond acceptors (Lipinski definition) is 5. The van der Waals surface area contributed by atoms with E-state index in [0.717, 1.165) is 19.7 Å². The molecule has 1 aromatic rings. The molecule has 17 heavy (non-hydrogen) atoms. The molecule has 0 fully saturated rings. The molecule has 0 spiro atoms. The summed E-state index contributed by atoms with van der Waals surface area (Å²) in [5.74, 6) is -0.608. The number of aromatic carboxylic acids is 1. The maximum Gasteiger partial charge on any atom is 0.358 e. The second-order valence-corrected chi connectivity index (χ2v) is 3.94. The van der Waals surface area contributed by atoms with E-state index in [0.29, 0.717) is 12.5 Å². The molecule has 2 N–H and O–H groups in total. The quantitative estimate of drug-likeness (QED) is 0.616. The third-order valence-electron chi connectivity index (χ3n) is 2.22. The summed E-state index contributed by atoms with van der Waals surface area (Å²) in [5, 5.41) is 19.1. The molecule has 96 valence electrons. The standard InChI is InChI=1S/C10H18N4O3/c1-8(7-17-2)5-11-3-4-14-6-9(10(15)16)12-13-14/h6,8,11H,3-5,7H2,1-2H3,(H,15,16). The van der Waals surface area contributed by atoms with Crippen molar-refractivity contribution in [2.24, 2.45) is 5.92 Å². The summed E-state index contributed by atoms with van der Waals surface area (Å²) < 4.78 is 6.53. The molecule has 7 heteroatoms. The van der Waals surface area contributed by atoms with Gasteiger partial charge in [0.25, 0.3) is 0 Å². The van der Waals surface area contributed by atoms with Crippen LogP contribution in [0.1, 0.15) is 17.4 Å². The molecule has 1 heterocycles. The SMILES string of the molecule is COCC(C)CNCCn1cc(C(=O)O)nn1. The molecule has 0 aromatic carbocycles. The molecule has 0 aliphatic rings. The number of hydrogen-bond donors (Lipinski definition) is 2. The fraction of sp³-hybridized carbons (Fsp3) is 0.700. The Labute approximate surface area is 99.8 Å². The van der Waals surface area contributed by atoms with Crippen LogP contribution in [-0.4, -0.2) is 52.9 Å². The van der Waals surface area contributed by atoms with Crippen molar-refractivity contribution >= 4 is 5.97 Å². The minimum atomic E-state index is -1.06. The maximum absolute atomic E-state index is 10.6. The zero-order chi connectivity index (χ0) is 12.7. The van der Waals surface area contributed by atoms with Crippen LogP contribution in [0.3, 0.4) is 0 Å². The summed E-state index contributed by atoms with van der Waals surface area (Å²) in [6, 6.07) is 0. The highest BCUT2D eigenvalue weighted by atomic mass is 16.5. The molecule has 1 atom stereocenters. The van der Waals surface area contributed by atoms with Crippen molar-refractivity contribution in [1.82, 2.24) is 20.3 Å². The van der Waals surface area contributed by atoms with Gasteiger partial charge in [-0.3, -0.25) is 4.68 Å². The van der Waals surface area contributed by atoms with Crippen LogP contribution in [0.15, 0.2) is 6.20 Å². The number of methoxy groups -OCH3 is 1. The Morgan fingerprint density at radius 2 is 2.47 bits per heavy atom.